The molecule has 1 atom stereocenters. The number of aromatic amines is 1. The number of rotatable bonds is 4. The van der Waals surface area contributed by atoms with Crippen LogP contribution in [0.4, 0.5) is 5.69 Å². The minimum absolute atomic E-state index is 0.108. The van der Waals surface area contributed by atoms with Crippen LogP contribution in [0.25, 0.3) is 22.6 Å². The Bertz CT molecular complexity index is 1410. The summed E-state index contributed by atoms with van der Waals surface area (Å²) < 4.78 is 7.83. The molecule has 33 heavy (non-hydrogen) atoms. The van der Waals surface area contributed by atoms with Gasteiger partial charge in [0.15, 0.2) is 5.76 Å². The van der Waals surface area contributed by atoms with E-state index in [0.717, 1.165) is 5.56 Å². The van der Waals surface area contributed by atoms with Crippen molar-refractivity contribution in [3.05, 3.63) is 81.8 Å². The lowest BCUT2D eigenvalue weighted by Crippen LogP contribution is -2.60. The second kappa shape index (κ2) is 8.53. The number of para-hydroxylation sites is 1. The van der Waals surface area contributed by atoms with E-state index in [-0.39, 0.29) is 17.9 Å². The number of thioether (sulfide) groups is 1. The summed E-state index contributed by atoms with van der Waals surface area (Å²) in [6, 6.07) is 18.3. The van der Waals surface area contributed by atoms with Gasteiger partial charge in [0.2, 0.25) is 11.1 Å². The first kappa shape index (κ1) is 21.5. The molecule has 4 aromatic rings. The van der Waals surface area contributed by atoms with Gasteiger partial charge in [0.1, 0.15) is 5.76 Å². The molecule has 0 spiro atoms. The lowest BCUT2D eigenvalue weighted by Gasteiger charge is -2.30. The van der Waals surface area contributed by atoms with Crippen molar-refractivity contribution in [2.75, 3.05) is 11.2 Å². The van der Waals surface area contributed by atoms with Crippen LogP contribution in [0.5, 0.6) is 0 Å². The first-order valence-electron chi connectivity index (χ1n) is 10.4. The largest absolute Gasteiger partial charge is 0.452 e. The zero-order chi connectivity index (χ0) is 23.1. The zero-order valence-electron chi connectivity index (χ0n) is 17.9. The molecule has 1 aliphatic rings. The Balaban J connectivity index is 1.75. The van der Waals surface area contributed by atoms with Crippen molar-refractivity contribution in [1.82, 2.24) is 10.1 Å². The molecule has 0 fully saturated rings. The number of furan rings is 1. The van der Waals surface area contributed by atoms with Crippen molar-refractivity contribution in [2.45, 2.75) is 24.7 Å². The number of hydrogen-bond donors (Lipinski definition) is 1. The number of carbonyl (C=O) groups excluding carboxylic acids is 1. The van der Waals surface area contributed by atoms with Gasteiger partial charge >= 0.3 is 17.4 Å². The number of aromatic nitrogens is 3. The molecule has 5 rings (SSSR count). The molecule has 0 radical (unpaired) electrons. The van der Waals surface area contributed by atoms with Gasteiger partial charge in [-0.2, -0.15) is 0 Å². The molecule has 3 heterocycles. The maximum absolute atomic E-state index is 13.2. The highest BCUT2D eigenvalue weighted by Gasteiger charge is 2.47. The number of halogens is 1. The van der Waals surface area contributed by atoms with Gasteiger partial charge in [0, 0.05) is 22.1 Å². The molecule has 0 saturated carbocycles. The number of amides is 1. The molecule has 2 aromatic carbocycles. The SMILES string of the molecule is CCC(=O)N1c2ccccc2-c2c(=O)[nH]c(SC)n[n+]2C1c1ccc(-c2ccc(Cl)cc2)o1. The van der Waals surface area contributed by atoms with Crippen molar-refractivity contribution in [3.63, 3.8) is 0 Å². The smallest absolute Gasteiger partial charge is 0.325 e. The number of benzene rings is 2. The summed E-state index contributed by atoms with van der Waals surface area (Å²) in [5, 5.41) is 5.74. The Morgan fingerprint density at radius 1 is 1.18 bits per heavy atom. The third kappa shape index (κ3) is 3.65. The summed E-state index contributed by atoms with van der Waals surface area (Å²) in [6.45, 7) is 1.81. The van der Waals surface area contributed by atoms with E-state index in [2.05, 4.69) is 10.1 Å². The molecule has 0 saturated heterocycles. The van der Waals surface area contributed by atoms with Crippen molar-refractivity contribution in [3.8, 4) is 22.6 Å². The van der Waals surface area contributed by atoms with E-state index < -0.39 is 6.17 Å². The molecule has 166 valence electrons. The third-order valence-electron chi connectivity index (χ3n) is 5.53. The summed E-state index contributed by atoms with van der Waals surface area (Å²) in [5.41, 5.74) is 2.23. The zero-order valence-corrected chi connectivity index (χ0v) is 19.5. The van der Waals surface area contributed by atoms with Crippen LogP contribution >= 0.6 is 23.4 Å². The van der Waals surface area contributed by atoms with E-state index in [4.69, 9.17) is 16.0 Å². The van der Waals surface area contributed by atoms with Crippen LogP contribution in [0, 0.1) is 0 Å². The van der Waals surface area contributed by atoms with Gasteiger partial charge in [-0.3, -0.25) is 14.6 Å². The fraction of sp³-hybridized carbons (Fsp3) is 0.167. The fourth-order valence-electron chi connectivity index (χ4n) is 4.02. The topological polar surface area (TPSA) is 83.1 Å². The molecule has 1 N–H and O–H groups in total. The first-order chi connectivity index (χ1) is 16.0. The van der Waals surface area contributed by atoms with Gasteiger partial charge in [0.25, 0.3) is 0 Å². The van der Waals surface area contributed by atoms with E-state index in [1.54, 1.807) is 21.7 Å². The van der Waals surface area contributed by atoms with Crippen molar-refractivity contribution >= 4 is 35.0 Å². The Labute approximate surface area is 199 Å². The van der Waals surface area contributed by atoms with E-state index in [9.17, 15) is 9.59 Å². The van der Waals surface area contributed by atoms with Crippen LogP contribution in [0.3, 0.4) is 0 Å². The van der Waals surface area contributed by atoms with Crippen LogP contribution in [-0.4, -0.2) is 22.2 Å². The standard InChI is InChI=1S/C24H19ClN4O3S/c1-3-20(30)28-17-7-5-4-6-16(17)21-22(31)26-24(33-2)27-29(21)23(28)19-13-12-18(32-19)14-8-10-15(25)11-9-14/h4-13,23H,3H2,1-2H3/p+1. The second-order valence-corrected chi connectivity index (χ2v) is 8.70. The third-order valence-corrected chi connectivity index (χ3v) is 6.36. The van der Waals surface area contributed by atoms with Crippen molar-refractivity contribution in [1.29, 1.82) is 0 Å². The van der Waals surface area contributed by atoms with Gasteiger partial charge in [-0.05, 0) is 59.5 Å². The van der Waals surface area contributed by atoms with E-state index in [0.29, 0.717) is 38.6 Å². The van der Waals surface area contributed by atoms with E-state index >= 15 is 0 Å². The minimum atomic E-state index is -0.753. The molecule has 1 aliphatic heterocycles. The summed E-state index contributed by atoms with van der Waals surface area (Å²) in [5.74, 6) is 1.01. The normalized spacial score (nSPS) is 14.6. The summed E-state index contributed by atoms with van der Waals surface area (Å²) in [6.07, 6.45) is 1.36. The van der Waals surface area contributed by atoms with Gasteiger partial charge in [-0.15, -0.1) is 0 Å². The predicted octanol–water partition coefficient (Wildman–Crippen LogP) is 4.66. The Morgan fingerprint density at radius 2 is 1.94 bits per heavy atom. The molecular formula is C24H20ClN4O3S+. The van der Waals surface area contributed by atoms with Crippen LogP contribution in [0.1, 0.15) is 25.3 Å². The highest BCUT2D eigenvalue weighted by Crippen LogP contribution is 2.38. The highest BCUT2D eigenvalue weighted by atomic mass is 35.5. The maximum atomic E-state index is 13.2. The number of nitrogens with zero attached hydrogens (tertiary/aromatic N) is 3. The lowest BCUT2D eigenvalue weighted by atomic mass is 10.0. The molecule has 0 aliphatic carbocycles. The first-order valence-corrected chi connectivity index (χ1v) is 12.0. The second-order valence-electron chi connectivity index (χ2n) is 7.47. The lowest BCUT2D eigenvalue weighted by molar-refractivity contribution is -0.764. The molecule has 7 nitrogen and oxygen atoms in total. The highest BCUT2D eigenvalue weighted by molar-refractivity contribution is 7.98. The van der Waals surface area contributed by atoms with E-state index in [1.807, 2.05) is 61.7 Å². The predicted molar refractivity (Wildman–Crippen MR) is 127 cm³/mol. The molecule has 2 aromatic heterocycles. The summed E-state index contributed by atoms with van der Waals surface area (Å²) in [7, 11) is 0. The molecule has 0 bridgehead atoms. The van der Waals surface area contributed by atoms with Gasteiger partial charge < -0.3 is 4.42 Å². The summed E-state index contributed by atoms with van der Waals surface area (Å²) >= 11 is 7.34. The van der Waals surface area contributed by atoms with E-state index in [1.165, 1.54) is 11.8 Å². The molecular weight excluding hydrogens is 460 g/mol. The number of carbonyl (C=O) groups is 1. The fourth-order valence-corrected chi connectivity index (χ4v) is 4.51. The minimum Gasteiger partial charge on any atom is -0.452 e. The quantitative estimate of drug-likeness (QED) is 0.340. The van der Waals surface area contributed by atoms with Crippen molar-refractivity contribution < 1.29 is 13.9 Å². The Hall–Kier alpha value is -3.36. The molecule has 9 heteroatoms. The Morgan fingerprint density at radius 3 is 2.67 bits per heavy atom. The van der Waals surface area contributed by atoms with Crippen LogP contribution in [0.2, 0.25) is 5.02 Å². The Kier molecular flexibility index (Phi) is 5.55. The number of fused-ring (bicyclic) bond motifs is 3. The van der Waals surface area contributed by atoms with Gasteiger partial charge in [-0.1, -0.05) is 42.4 Å². The molecule has 1 amide bonds. The van der Waals surface area contributed by atoms with Gasteiger partial charge in [-0.25, -0.2) is 4.90 Å². The number of nitrogens with one attached hydrogen (secondary N) is 1. The number of H-pyrrole nitrogens is 1. The van der Waals surface area contributed by atoms with Crippen LogP contribution < -0.4 is 15.1 Å². The number of anilines is 1. The monoisotopic (exact) mass is 479 g/mol. The average Bonchev–Trinajstić information content (AvgIpc) is 3.32. The summed E-state index contributed by atoms with van der Waals surface area (Å²) in [4.78, 5) is 30.8. The van der Waals surface area contributed by atoms with Crippen LogP contribution in [0.15, 0.2) is 75.0 Å². The number of hydrogen-bond acceptors (Lipinski definition) is 5. The van der Waals surface area contributed by atoms with Crippen molar-refractivity contribution in [2.24, 2.45) is 0 Å². The van der Waals surface area contributed by atoms with Crippen LogP contribution in [-0.2, 0) is 4.79 Å². The average molecular weight is 480 g/mol. The maximum Gasteiger partial charge on any atom is 0.325 e. The van der Waals surface area contributed by atoms with Gasteiger partial charge in [0.05, 0.1) is 11.3 Å². The molecule has 1 unspecified atom stereocenters.